The Kier molecular flexibility index (Phi) is 2.47. The third-order valence-corrected chi connectivity index (χ3v) is 4.41. The molecule has 0 aromatic heterocycles. The van der Waals surface area contributed by atoms with Crippen LogP contribution in [0.1, 0.15) is 38.5 Å². The predicted octanol–water partition coefficient (Wildman–Crippen LogP) is 2.05. The smallest absolute Gasteiger partial charge is 0.0447 e. The van der Waals surface area contributed by atoms with Gasteiger partial charge in [-0.1, -0.05) is 5.57 Å². The van der Waals surface area contributed by atoms with Crippen LogP contribution in [0.4, 0.5) is 0 Å². The highest BCUT2D eigenvalue weighted by Gasteiger charge is 2.41. The fourth-order valence-corrected chi connectivity index (χ4v) is 3.99. The highest BCUT2D eigenvalue weighted by molar-refractivity contribution is 5.26. The van der Waals surface area contributed by atoms with Gasteiger partial charge in [0.05, 0.1) is 0 Å². The first kappa shape index (κ1) is 9.71. The molecule has 0 heterocycles. The maximum Gasteiger partial charge on any atom is 0.0447 e. The summed E-state index contributed by atoms with van der Waals surface area (Å²) in [6.07, 6.45) is 7.99. The second-order valence-electron chi connectivity index (χ2n) is 5.57. The predicted molar refractivity (Wildman–Crippen MR) is 60.3 cm³/mol. The lowest BCUT2D eigenvalue weighted by atomic mass is 9.60. The summed E-state index contributed by atoms with van der Waals surface area (Å²) >= 11 is 0. The maximum atomic E-state index is 8.79. The Hall–Kier alpha value is -0.500. The highest BCUT2D eigenvalue weighted by atomic mass is 16.3. The molecule has 2 atom stereocenters. The van der Waals surface area contributed by atoms with Crippen LogP contribution >= 0.6 is 0 Å². The Balaban J connectivity index is 1.71. The molecule has 0 spiro atoms. The molecule has 2 N–H and O–H groups in total. The van der Waals surface area contributed by atoms with Crippen molar-refractivity contribution in [3.8, 4) is 0 Å². The largest absolute Gasteiger partial charge is 0.396 e. The van der Waals surface area contributed by atoms with Crippen molar-refractivity contribution in [1.82, 2.24) is 5.32 Å². The molecule has 15 heavy (non-hydrogen) atoms. The summed E-state index contributed by atoms with van der Waals surface area (Å²) in [7, 11) is 0. The number of aliphatic hydroxyl groups excluding tert-OH is 1. The molecular formula is C13H21NO. The van der Waals surface area contributed by atoms with Gasteiger partial charge in [-0.3, -0.25) is 0 Å². The molecule has 2 unspecified atom stereocenters. The molecule has 4 aliphatic rings. The van der Waals surface area contributed by atoms with Gasteiger partial charge in [-0.15, -0.1) is 0 Å². The van der Waals surface area contributed by atoms with Gasteiger partial charge < -0.3 is 10.4 Å². The van der Waals surface area contributed by atoms with Crippen LogP contribution in [-0.2, 0) is 0 Å². The summed E-state index contributed by atoms with van der Waals surface area (Å²) in [6.45, 7) is 1.27. The van der Waals surface area contributed by atoms with Crippen molar-refractivity contribution >= 4 is 0 Å². The monoisotopic (exact) mass is 207 g/mol. The normalized spacial score (nSPS) is 37.5. The van der Waals surface area contributed by atoms with Gasteiger partial charge in [0.2, 0.25) is 0 Å². The number of allylic oxidation sites excluding steroid dienone is 2. The summed E-state index contributed by atoms with van der Waals surface area (Å²) < 4.78 is 0. The number of nitrogens with one attached hydrogen (secondary N) is 1. The van der Waals surface area contributed by atoms with Crippen molar-refractivity contribution in [2.24, 2.45) is 17.8 Å². The second-order valence-corrected chi connectivity index (χ2v) is 5.57. The van der Waals surface area contributed by atoms with E-state index in [1.165, 1.54) is 32.1 Å². The summed E-state index contributed by atoms with van der Waals surface area (Å²) in [4.78, 5) is 0. The van der Waals surface area contributed by atoms with E-state index in [-0.39, 0.29) is 0 Å². The first-order chi connectivity index (χ1) is 7.36. The average molecular weight is 207 g/mol. The highest BCUT2D eigenvalue weighted by Crippen LogP contribution is 2.52. The summed E-state index contributed by atoms with van der Waals surface area (Å²) in [5.41, 5.74) is 3.31. The summed E-state index contributed by atoms with van der Waals surface area (Å²) in [5, 5.41) is 12.4. The zero-order chi connectivity index (χ0) is 10.3. The number of rotatable bonds is 4. The molecule has 2 heteroatoms. The molecule has 2 saturated carbocycles. The van der Waals surface area contributed by atoms with Crippen LogP contribution in [0.3, 0.4) is 0 Å². The lowest BCUT2D eigenvalue weighted by Gasteiger charge is -2.48. The van der Waals surface area contributed by atoms with Crippen molar-refractivity contribution in [2.75, 3.05) is 13.2 Å². The van der Waals surface area contributed by atoms with Crippen molar-refractivity contribution in [2.45, 2.75) is 38.5 Å². The quantitative estimate of drug-likeness (QED) is 0.692. The topological polar surface area (TPSA) is 32.3 Å². The fourth-order valence-electron chi connectivity index (χ4n) is 3.99. The number of hydrogen-bond acceptors (Lipinski definition) is 2. The fraction of sp³-hybridized carbons (Fsp3) is 0.846. The molecule has 4 rings (SSSR count). The van der Waals surface area contributed by atoms with E-state index in [0.29, 0.717) is 6.61 Å². The van der Waals surface area contributed by atoms with Crippen molar-refractivity contribution in [3.05, 3.63) is 11.3 Å². The molecular weight excluding hydrogens is 186 g/mol. The Morgan fingerprint density at radius 3 is 2.47 bits per heavy atom. The van der Waals surface area contributed by atoms with E-state index in [2.05, 4.69) is 5.32 Å². The maximum absolute atomic E-state index is 8.79. The van der Waals surface area contributed by atoms with E-state index in [1.807, 2.05) is 0 Å². The number of aliphatic hydroxyl groups is 1. The molecule has 2 fully saturated rings. The van der Waals surface area contributed by atoms with Gasteiger partial charge in [0.15, 0.2) is 0 Å². The molecule has 0 saturated heterocycles. The molecule has 4 bridgehead atoms. The van der Waals surface area contributed by atoms with Gasteiger partial charge >= 0.3 is 0 Å². The standard InChI is InChI=1S/C13H21NO/c15-3-1-2-14-13-11-5-9-4-10(7-11)8-12(13)6-9/h9-11,14-15H,1-8H2. The Bertz CT molecular complexity index is 268. The minimum atomic E-state index is 0.311. The van der Waals surface area contributed by atoms with Crippen molar-refractivity contribution in [1.29, 1.82) is 0 Å². The lowest BCUT2D eigenvalue weighted by molar-refractivity contribution is 0.150. The Labute approximate surface area is 91.8 Å². The van der Waals surface area contributed by atoms with E-state index in [0.717, 1.165) is 30.7 Å². The second kappa shape index (κ2) is 3.82. The van der Waals surface area contributed by atoms with E-state index >= 15 is 0 Å². The van der Waals surface area contributed by atoms with Gasteiger partial charge in [0, 0.05) is 18.8 Å². The van der Waals surface area contributed by atoms with Crippen LogP contribution in [0.15, 0.2) is 11.3 Å². The van der Waals surface area contributed by atoms with Crippen LogP contribution in [0.5, 0.6) is 0 Å². The van der Waals surface area contributed by atoms with Crippen LogP contribution in [-0.4, -0.2) is 18.3 Å². The summed E-state index contributed by atoms with van der Waals surface area (Å²) in [6, 6.07) is 0. The molecule has 0 aromatic carbocycles. The van der Waals surface area contributed by atoms with Gasteiger partial charge in [0.1, 0.15) is 0 Å². The van der Waals surface area contributed by atoms with Crippen molar-refractivity contribution in [3.63, 3.8) is 0 Å². The minimum absolute atomic E-state index is 0.311. The van der Waals surface area contributed by atoms with Crippen molar-refractivity contribution < 1.29 is 5.11 Å². The Morgan fingerprint density at radius 2 is 1.87 bits per heavy atom. The molecule has 2 nitrogen and oxygen atoms in total. The third kappa shape index (κ3) is 1.69. The van der Waals surface area contributed by atoms with E-state index in [4.69, 9.17) is 5.11 Å². The first-order valence-corrected chi connectivity index (χ1v) is 6.43. The first-order valence-electron chi connectivity index (χ1n) is 6.43. The van der Waals surface area contributed by atoms with Gasteiger partial charge in [-0.2, -0.15) is 0 Å². The molecule has 4 aliphatic carbocycles. The number of hydrogen-bond donors (Lipinski definition) is 2. The third-order valence-electron chi connectivity index (χ3n) is 4.41. The molecule has 0 amide bonds. The van der Waals surface area contributed by atoms with E-state index < -0.39 is 0 Å². The average Bonchev–Trinajstić information content (AvgIpc) is 2.21. The van der Waals surface area contributed by atoms with Crippen LogP contribution in [0.2, 0.25) is 0 Å². The Morgan fingerprint density at radius 1 is 1.13 bits per heavy atom. The van der Waals surface area contributed by atoms with E-state index in [1.54, 1.807) is 11.3 Å². The van der Waals surface area contributed by atoms with Gasteiger partial charge in [0.25, 0.3) is 0 Å². The molecule has 0 radical (unpaired) electrons. The zero-order valence-electron chi connectivity index (χ0n) is 9.34. The van der Waals surface area contributed by atoms with Gasteiger partial charge in [-0.25, -0.2) is 0 Å². The minimum Gasteiger partial charge on any atom is -0.396 e. The zero-order valence-corrected chi connectivity index (χ0v) is 9.34. The van der Waals surface area contributed by atoms with Gasteiger partial charge in [-0.05, 0) is 56.3 Å². The van der Waals surface area contributed by atoms with E-state index in [9.17, 15) is 0 Å². The lowest BCUT2D eigenvalue weighted by Crippen LogP contribution is -2.39. The SMILES string of the molecule is OCCCNC1=C2CC3CC(C2)CC1C3. The summed E-state index contributed by atoms with van der Waals surface area (Å²) in [5.74, 6) is 2.88. The van der Waals surface area contributed by atoms with Crippen LogP contribution < -0.4 is 5.32 Å². The molecule has 84 valence electrons. The molecule has 0 aromatic rings. The van der Waals surface area contributed by atoms with Crippen LogP contribution in [0, 0.1) is 17.8 Å². The molecule has 0 aliphatic heterocycles. The van der Waals surface area contributed by atoms with Crippen LogP contribution in [0.25, 0.3) is 0 Å².